The molecule has 0 amide bonds. The van der Waals surface area contributed by atoms with Crippen LogP contribution in [-0.2, 0) is 0 Å². The van der Waals surface area contributed by atoms with E-state index < -0.39 is 0 Å². The molecule has 21 heavy (non-hydrogen) atoms. The summed E-state index contributed by atoms with van der Waals surface area (Å²) in [6, 6.07) is 1.48. The molecule has 0 spiro atoms. The number of nitrogens with zero attached hydrogens (tertiary/aromatic N) is 1. The predicted molar refractivity (Wildman–Crippen MR) is 94.8 cm³/mol. The van der Waals surface area contributed by atoms with Gasteiger partial charge in [0.25, 0.3) is 0 Å². The highest BCUT2D eigenvalue weighted by molar-refractivity contribution is 4.88. The van der Waals surface area contributed by atoms with Crippen LogP contribution in [0.4, 0.5) is 0 Å². The van der Waals surface area contributed by atoms with Gasteiger partial charge in [0.2, 0.25) is 0 Å². The van der Waals surface area contributed by atoms with E-state index in [1.54, 1.807) is 0 Å². The molecule has 1 fully saturated rings. The van der Waals surface area contributed by atoms with Crippen molar-refractivity contribution in [1.82, 2.24) is 10.2 Å². The highest BCUT2D eigenvalue weighted by Gasteiger charge is 2.31. The fourth-order valence-corrected chi connectivity index (χ4v) is 3.59. The second kappa shape index (κ2) is 10.6. The molecule has 0 saturated carbocycles. The minimum Gasteiger partial charge on any atom is -0.314 e. The van der Waals surface area contributed by atoms with Crippen molar-refractivity contribution in [3.8, 4) is 0 Å². The third-order valence-electron chi connectivity index (χ3n) is 5.33. The predicted octanol–water partition coefficient (Wildman–Crippen LogP) is 4.69. The highest BCUT2D eigenvalue weighted by Crippen LogP contribution is 2.24. The largest absolute Gasteiger partial charge is 0.314 e. The van der Waals surface area contributed by atoms with Crippen molar-refractivity contribution in [2.75, 3.05) is 19.6 Å². The van der Waals surface area contributed by atoms with Crippen LogP contribution in [-0.4, -0.2) is 36.6 Å². The van der Waals surface area contributed by atoms with Crippen LogP contribution in [0.2, 0.25) is 0 Å². The number of rotatable bonds is 10. The van der Waals surface area contributed by atoms with Gasteiger partial charge in [0, 0.05) is 12.1 Å². The maximum atomic E-state index is 3.74. The van der Waals surface area contributed by atoms with E-state index in [-0.39, 0.29) is 0 Å². The SMILES string of the molecule is CCCNC1CCN(CCCCCCC(C)C)C(C)C1C. The Kier molecular flexibility index (Phi) is 9.59. The Morgan fingerprint density at radius 3 is 2.48 bits per heavy atom. The Bertz CT molecular complexity index is 252. The van der Waals surface area contributed by atoms with Gasteiger partial charge in [0.15, 0.2) is 0 Å². The van der Waals surface area contributed by atoms with Crippen LogP contribution in [0, 0.1) is 11.8 Å². The summed E-state index contributed by atoms with van der Waals surface area (Å²) < 4.78 is 0. The lowest BCUT2D eigenvalue weighted by Gasteiger charge is -2.43. The van der Waals surface area contributed by atoms with Crippen molar-refractivity contribution in [3.63, 3.8) is 0 Å². The first-order chi connectivity index (χ1) is 10.1. The van der Waals surface area contributed by atoms with Crippen LogP contribution >= 0.6 is 0 Å². The van der Waals surface area contributed by atoms with Gasteiger partial charge in [0.1, 0.15) is 0 Å². The van der Waals surface area contributed by atoms with Gasteiger partial charge in [-0.1, -0.05) is 53.4 Å². The second-order valence-corrected chi connectivity index (χ2v) is 7.58. The van der Waals surface area contributed by atoms with Gasteiger partial charge in [0.05, 0.1) is 0 Å². The highest BCUT2D eigenvalue weighted by atomic mass is 15.2. The summed E-state index contributed by atoms with van der Waals surface area (Å²) in [7, 11) is 0. The molecule has 1 heterocycles. The summed E-state index contributed by atoms with van der Waals surface area (Å²) in [5, 5.41) is 3.74. The van der Waals surface area contributed by atoms with Gasteiger partial charge < -0.3 is 10.2 Å². The first kappa shape index (κ1) is 19.0. The molecule has 0 bridgehead atoms. The van der Waals surface area contributed by atoms with Crippen molar-refractivity contribution >= 4 is 0 Å². The molecule has 1 N–H and O–H groups in total. The quantitative estimate of drug-likeness (QED) is 0.588. The molecule has 1 aliphatic heterocycles. The van der Waals surface area contributed by atoms with Crippen LogP contribution in [0.1, 0.15) is 79.6 Å². The molecule has 1 rings (SSSR count). The lowest BCUT2D eigenvalue weighted by Crippen LogP contribution is -2.53. The number of likely N-dealkylation sites (tertiary alicyclic amines) is 1. The Hall–Kier alpha value is -0.0800. The van der Waals surface area contributed by atoms with Crippen LogP contribution in [0.3, 0.4) is 0 Å². The van der Waals surface area contributed by atoms with Crippen LogP contribution in [0.25, 0.3) is 0 Å². The first-order valence-electron chi connectivity index (χ1n) is 9.53. The van der Waals surface area contributed by atoms with E-state index in [2.05, 4.69) is 44.8 Å². The Balaban J connectivity index is 2.16. The summed E-state index contributed by atoms with van der Waals surface area (Å²) in [6.07, 6.45) is 9.64. The fourth-order valence-electron chi connectivity index (χ4n) is 3.59. The second-order valence-electron chi connectivity index (χ2n) is 7.58. The molecule has 0 aromatic carbocycles. The van der Waals surface area contributed by atoms with Crippen molar-refractivity contribution in [2.24, 2.45) is 11.8 Å². The van der Waals surface area contributed by atoms with Crippen molar-refractivity contribution in [3.05, 3.63) is 0 Å². The molecule has 0 aliphatic carbocycles. The Labute approximate surface area is 134 Å². The van der Waals surface area contributed by atoms with Gasteiger partial charge in [-0.05, 0) is 57.7 Å². The normalized spacial score (nSPS) is 27.4. The third-order valence-corrected chi connectivity index (χ3v) is 5.33. The van der Waals surface area contributed by atoms with E-state index in [4.69, 9.17) is 0 Å². The monoisotopic (exact) mass is 296 g/mol. The average Bonchev–Trinajstić information content (AvgIpc) is 2.45. The van der Waals surface area contributed by atoms with Gasteiger partial charge in [-0.25, -0.2) is 0 Å². The molecule has 2 nitrogen and oxygen atoms in total. The Morgan fingerprint density at radius 2 is 1.81 bits per heavy atom. The van der Waals surface area contributed by atoms with Gasteiger partial charge in [-0.2, -0.15) is 0 Å². The smallest absolute Gasteiger partial charge is 0.0120 e. The topological polar surface area (TPSA) is 15.3 Å². The minimum absolute atomic E-state index is 0.738. The van der Waals surface area contributed by atoms with E-state index in [0.29, 0.717) is 0 Å². The van der Waals surface area contributed by atoms with Gasteiger partial charge in [-0.15, -0.1) is 0 Å². The molecular weight excluding hydrogens is 256 g/mol. The van der Waals surface area contributed by atoms with Crippen molar-refractivity contribution in [1.29, 1.82) is 0 Å². The van der Waals surface area contributed by atoms with E-state index in [1.807, 2.05) is 0 Å². The van der Waals surface area contributed by atoms with E-state index in [9.17, 15) is 0 Å². The average molecular weight is 297 g/mol. The molecule has 126 valence electrons. The maximum Gasteiger partial charge on any atom is 0.0120 e. The summed E-state index contributed by atoms with van der Waals surface area (Å²) in [5.41, 5.74) is 0. The number of hydrogen-bond donors (Lipinski definition) is 1. The first-order valence-corrected chi connectivity index (χ1v) is 9.53. The van der Waals surface area contributed by atoms with Gasteiger partial charge >= 0.3 is 0 Å². The zero-order valence-electron chi connectivity index (χ0n) is 15.3. The Morgan fingerprint density at radius 1 is 1.10 bits per heavy atom. The van der Waals surface area contributed by atoms with E-state index in [1.165, 1.54) is 64.6 Å². The minimum atomic E-state index is 0.738. The van der Waals surface area contributed by atoms with E-state index >= 15 is 0 Å². The molecule has 0 aromatic heterocycles. The lowest BCUT2D eigenvalue weighted by molar-refractivity contribution is 0.0833. The standard InChI is InChI=1S/C19H40N2/c1-6-13-20-19-12-15-21(18(5)17(19)4)14-10-8-7-9-11-16(2)3/h16-20H,6-15H2,1-5H3. The molecule has 0 aromatic rings. The molecule has 1 aliphatic rings. The lowest BCUT2D eigenvalue weighted by atomic mass is 9.86. The van der Waals surface area contributed by atoms with Crippen LogP contribution in [0.15, 0.2) is 0 Å². The van der Waals surface area contributed by atoms with Crippen LogP contribution in [0.5, 0.6) is 0 Å². The molecule has 0 radical (unpaired) electrons. The summed E-state index contributed by atoms with van der Waals surface area (Å²) >= 11 is 0. The summed E-state index contributed by atoms with van der Waals surface area (Å²) in [5.74, 6) is 1.66. The number of unbranched alkanes of at least 4 members (excludes halogenated alkanes) is 3. The summed E-state index contributed by atoms with van der Waals surface area (Å²) in [6.45, 7) is 15.6. The third kappa shape index (κ3) is 7.15. The zero-order chi connectivity index (χ0) is 15.7. The number of piperidine rings is 1. The number of nitrogens with one attached hydrogen (secondary N) is 1. The number of hydrogen-bond acceptors (Lipinski definition) is 2. The van der Waals surface area contributed by atoms with E-state index in [0.717, 1.165) is 23.9 Å². The molecular formula is C19H40N2. The fraction of sp³-hybridized carbons (Fsp3) is 1.00. The zero-order valence-corrected chi connectivity index (χ0v) is 15.3. The van der Waals surface area contributed by atoms with Gasteiger partial charge in [-0.3, -0.25) is 0 Å². The van der Waals surface area contributed by atoms with Crippen molar-refractivity contribution in [2.45, 2.75) is 91.6 Å². The molecule has 2 heteroatoms. The molecule has 3 unspecified atom stereocenters. The molecule has 3 atom stereocenters. The van der Waals surface area contributed by atoms with Crippen molar-refractivity contribution < 1.29 is 0 Å². The maximum absolute atomic E-state index is 3.74. The van der Waals surface area contributed by atoms with Crippen LogP contribution < -0.4 is 5.32 Å². The summed E-state index contributed by atoms with van der Waals surface area (Å²) in [4.78, 5) is 2.73. The molecule has 1 saturated heterocycles.